The maximum Gasteiger partial charge on any atom is 0.315 e. The van der Waals surface area contributed by atoms with Gasteiger partial charge in [0.25, 0.3) is 0 Å². The van der Waals surface area contributed by atoms with Gasteiger partial charge in [0.1, 0.15) is 11.5 Å². The van der Waals surface area contributed by atoms with Crippen molar-refractivity contribution in [3.05, 3.63) is 23.8 Å². The van der Waals surface area contributed by atoms with Gasteiger partial charge in [-0.15, -0.1) is 0 Å². The van der Waals surface area contributed by atoms with E-state index in [4.69, 9.17) is 9.47 Å². The quantitative estimate of drug-likeness (QED) is 0.542. The van der Waals surface area contributed by atoms with Crippen LogP contribution in [0.5, 0.6) is 11.5 Å². The van der Waals surface area contributed by atoms with Gasteiger partial charge in [-0.2, -0.15) is 0 Å². The van der Waals surface area contributed by atoms with E-state index in [0.717, 1.165) is 17.7 Å². The van der Waals surface area contributed by atoms with Crippen LogP contribution in [0.3, 0.4) is 0 Å². The van der Waals surface area contributed by atoms with Crippen LogP contribution < -0.4 is 9.47 Å². The number of benzene rings is 1. The lowest BCUT2D eigenvalue weighted by Crippen LogP contribution is -2.00. The van der Waals surface area contributed by atoms with E-state index in [0.29, 0.717) is 18.8 Å². The van der Waals surface area contributed by atoms with E-state index in [1.807, 2.05) is 19.1 Å². The highest BCUT2D eigenvalue weighted by Gasteiger charge is 2.20. The van der Waals surface area contributed by atoms with Crippen molar-refractivity contribution in [3.8, 4) is 11.5 Å². The molecule has 3 nitrogen and oxygen atoms in total. The molecule has 0 unspecified atom stereocenters. The van der Waals surface area contributed by atoms with Gasteiger partial charge in [0.15, 0.2) is 0 Å². The van der Waals surface area contributed by atoms with Gasteiger partial charge in [-0.05, 0) is 12.5 Å². The van der Waals surface area contributed by atoms with Gasteiger partial charge in [0, 0.05) is 11.6 Å². The Morgan fingerprint density at radius 3 is 3.14 bits per heavy atom. The Bertz CT molecular complexity index is 358. The van der Waals surface area contributed by atoms with Crippen LogP contribution in [0.4, 0.5) is 0 Å². The molecule has 1 heterocycles. The van der Waals surface area contributed by atoms with Crippen molar-refractivity contribution >= 4 is 5.97 Å². The summed E-state index contributed by atoms with van der Waals surface area (Å²) >= 11 is 0. The average molecular weight is 192 g/mol. The summed E-state index contributed by atoms with van der Waals surface area (Å²) in [6.07, 6.45) is 1.35. The number of carbonyl (C=O) groups is 1. The van der Waals surface area contributed by atoms with Crippen molar-refractivity contribution < 1.29 is 14.3 Å². The molecule has 0 radical (unpaired) electrons. The van der Waals surface area contributed by atoms with Gasteiger partial charge in [-0.3, -0.25) is 4.79 Å². The molecule has 1 aromatic carbocycles. The first-order valence-corrected chi connectivity index (χ1v) is 4.76. The molecule has 1 aliphatic heterocycles. The molecule has 1 aromatic rings. The monoisotopic (exact) mass is 192 g/mol. The molecule has 74 valence electrons. The van der Waals surface area contributed by atoms with Crippen LogP contribution in [0.1, 0.15) is 18.9 Å². The van der Waals surface area contributed by atoms with E-state index in [1.165, 1.54) is 0 Å². The Hall–Kier alpha value is -1.51. The van der Waals surface area contributed by atoms with Crippen LogP contribution in [0, 0.1) is 0 Å². The maximum atomic E-state index is 11.0. The lowest BCUT2D eigenvalue weighted by Gasteiger charge is -2.05. The topological polar surface area (TPSA) is 35.5 Å². The van der Waals surface area contributed by atoms with E-state index >= 15 is 0 Å². The number of rotatable bonds is 3. The molecular weight excluding hydrogens is 180 g/mol. The summed E-state index contributed by atoms with van der Waals surface area (Å²) in [6, 6.07) is 5.53. The fraction of sp³-hybridized carbons (Fsp3) is 0.364. The third kappa shape index (κ3) is 1.71. The van der Waals surface area contributed by atoms with Crippen LogP contribution in [-0.2, 0) is 11.2 Å². The minimum Gasteiger partial charge on any atom is -0.493 e. The predicted molar refractivity (Wildman–Crippen MR) is 51.6 cm³/mol. The molecule has 0 bridgehead atoms. The summed E-state index contributed by atoms with van der Waals surface area (Å²) in [5.41, 5.74) is 0.943. The molecule has 3 heteroatoms. The third-order valence-electron chi connectivity index (χ3n) is 2.07. The number of hydrogen-bond acceptors (Lipinski definition) is 3. The lowest BCUT2D eigenvalue weighted by atomic mass is 10.1. The number of ether oxygens (including phenoxy) is 2. The summed E-state index contributed by atoms with van der Waals surface area (Å²) in [7, 11) is 0. The number of hydrogen-bond donors (Lipinski definition) is 0. The molecule has 14 heavy (non-hydrogen) atoms. The molecule has 0 amide bonds. The maximum absolute atomic E-state index is 11.0. The zero-order chi connectivity index (χ0) is 9.97. The summed E-state index contributed by atoms with van der Waals surface area (Å²) in [5.74, 6) is 1.22. The number of carbonyl (C=O) groups excluding carboxylic acids is 1. The molecule has 2 rings (SSSR count). The van der Waals surface area contributed by atoms with E-state index in [9.17, 15) is 4.79 Å². The first-order valence-electron chi connectivity index (χ1n) is 4.76. The van der Waals surface area contributed by atoms with E-state index in [1.54, 1.807) is 6.07 Å². The van der Waals surface area contributed by atoms with Gasteiger partial charge in [-0.25, -0.2) is 0 Å². The van der Waals surface area contributed by atoms with Gasteiger partial charge < -0.3 is 9.47 Å². The number of fused-ring (bicyclic) bond motifs is 1. The second-order valence-corrected chi connectivity index (χ2v) is 3.27. The first kappa shape index (κ1) is 9.06. The molecule has 0 aliphatic carbocycles. The van der Waals surface area contributed by atoms with E-state index in [-0.39, 0.29) is 5.97 Å². The van der Waals surface area contributed by atoms with Crippen LogP contribution >= 0.6 is 0 Å². The van der Waals surface area contributed by atoms with Crippen molar-refractivity contribution in [1.82, 2.24) is 0 Å². The standard InChI is InChI=1S/C11H12O3/c1-2-5-13-9-4-3-8-6-11(12)14-10(8)7-9/h3-4,7H,2,5-6H2,1H3. The zero-order valence-electron chi connectivity index (χ0n) is 8.08. The van der Waals surface area contributed by atoms with Crippen molar-refractivity contribution in [2.75, 3.05) is 6.61 Å². The fourth-order valence-corrected chi connectivity index (χ4v) is 1.40. The van der Waals surface area contributed by atoms with E-state index in [2.05, 4.69) is 0 Å². The minimum atomic E-state index is -0.187. The Labute approximate surface area is 82.6 Å². The SMILES string of the molecule is CCCOc1ccc2c(c1)OC(=O)C2. The summed E-state index contributed by atoms with van der Waals surface area (Å²) in [4.78, 5) is 11.0. The predicted octanol–water partition coefficient (Wildman–Crippen LogP) is 1.94. The highest BCUT2D eigenvalue weighted by atomic mass is 16.5. The largest absolute Gasteiger partial charge is 0.493 e. The molecule has 0 N–H and O–H groups in total. The molecule has 0 spiro atoms. The fourth-order valence-electron chi connectivity index (χ4n) is 1.40. The van der Waals surface area contributed by atoms with Crippen LogP contribution in [0.15, 0.2) is 18.2 Å². The lowest BCUT2D eigenvalue weighted by molar-refractivity contribution is -0.131. The Balaban J connectivity index is 2.16. The summed E-state index contributed by atoms with van der Waals surface area (Å²) < 4.78 is 10.4. The van der Waals surface area contributed by atoms with E-state index < -0.39 is 0 Å². The molecule has 0 aromatic heterocycles. The molecular formula is C11H12O3. The summed E-state index contributed by atoms with van der Waals surface area (Å²) in [6.45, 7) is 2.74. The zero-order valence-corrected chi connectivity index (χ0v) is 8.08. The number of esters is 1. The Morgan fingerprint density at radius 1 is 1.50 bits per heavy atom. The van der Waals surface area contributed by atoms with Gasteiger partial charge in [-0.1, -0.05) is 13.0 Å². The molecule has 0 saturated heterocycles. The molecule has 1 aliphatic rings. The molecule has 0 fully saturated rings. The van der Waals surface area contributed by atoms with Crippen molar-refractivity contribution in [3.63, 3.8) is 0 Å². The van der Waals surface area contributed by atoms with Crippen LogP contribution in [0.25, 0.3) is 0 Å². The highest BCUT2D eigenvalue weighted by molar-refractivity contribution is 5.81. The molecule has 0 saturated carbocycles. The Morgan fingerprint density at radius 2 is 2.36 bits per heavy atom. The van der Waals surface area contributed by atoms with Gasteiger partial charge >= 0.3 is 5.97 Å². The Kier molecular flexibility index (Phi) is 2.39. The third-order valence-corrected chi connectivity index (χ3v) is 2.07. The highest BCUT2D eigenvalue weighted by Crippen LogP contribution is 2.29. The normalized spacial score (nSPS) is 13.6. The van der Waals surface area contributed by atoms with Crippen molar-refractivity contribution in [2.45, 2.75) is 19.8 Å². The van der Waals surface area contributed by atoms with Crippen LogP contribution in [0.2, 0.25) is 0 Å². The smallest absolute Gasteiger partial charge is 0.315 e. The second-order valence-electron chi connectivity index (χ2n) is 3.27. The van der Waals surface area contributed by atoms with Gasteiger partial charge in [0.05, 0.1) is 13.0 Å². The van der Waals surface area contributed by atoms with Gasteiger partial charge in [0.2, 0.25) is 0 Å². The first-order chi connectivity index (χ1) is 6.79. The summed E-state index contributed by atoms with van der Waals surface area (Å²) in [5, 5.41) is 0. The minimum absolute atomic E-state index is 0.187. The van der Waals surface area contributed by atoms with Crippen LogP contribution in [-0.4, -0.2) is 12.6 Å². The second kappa shape index (κ2) is 3.70. The average Bonchev–Trinajstić information content (AvgIpc) is 2.54. The van der Waals surface area contributed by atoms with Crippen molar-refractivity contribution in [2.24, 2.45) is 0 Å². The molecule has 0 atom stereocenters. The van der Waals surface area contributed by atoms with Crippen molar-refractivity contribution in [1.29, 1.82) is 0 Å².